The lowest BCUT2D eigenvalue weighted by Crippen LogP contribution is -1.94. The van der Waals surface area contributed by atoms with Crippen molar-refractivity contribution in [2.45, 2.75) is 6.92 Å². The molecule has 0 radical (unpaired) electrons. The maximum atomic E-state index is 5.88. The van der Waals surface area contributed by atoms with Crippen LogP contribution < -0.4 is 10.5 Å². The lowest BCUT2D eigenvalue weighted by atomic mass is 10.1. The van der Waals surface area contributed by atoms with Gasteiger partial charge in [0.2, 0.25) is 0 Å². The molecule has 2 N–H and O–H groups in total. The fourth-order valence-electron chi connectivity index (χ4n) is 1.68. The minimum Gasteiger partial charge on any atom is -0.497 e. The number of nitrogens with two attached hydrogens (primary N) is 1. The highest BCUT2D eigenvalue weighted by molar-refractivity contribution is 5.69. The Hall–Kier alpha value is -2.29. The Morgan fingerprint density at radius 1 is 1.22 bits per heavy atom. The van der Waals surface area contributed by atoms with E-state index in [9.17, 15) is 0 Å². The summed E-state index contributed by atoms with van der Waals surface area (Å²) < 4.78 is 5.13. The van der Waals surface area contributed by atoms with Gasteiger partial charge in [0.1, 0.15) is 5.75 Å². The fourth-order valence-corrected chi connectivity index (χ4v) is 1.68. The van der Waals surface area contributed by atoms with E-state index < -0.39 is 0 Å². The molecular weight excluding hydrogens is 224 g/mol. The number of anilines is 1. The molecule has 0 aliphatic carbocycles. The highest BCUT2D eigenvalue weighted by Gasteiger charge is 2.04. The molecule has 1 aromatic heterocycles. The molecule has 1 aromatic carbocycles. The Labute approximate surface area is 107 Å². The van der Waals surface area contributed by atoms with Crippen LogP contribution in [0.5, 0.6) is 5.75 Å². The van der Waals surface area contributed by atoms with E-state index >= 15 is 0 Å². The van der Waals surface area contributed by atoms with Crippen LogP contribution in [0.3, 0.4) is 0 Å². The molecule has 0 atom stereocenters. The SMILES string of the molecule is C=C(C)c1cc(N)cc(-c2ccc(OC)cc2)n1. The number of hydrogen-bond acceptors (Lipinski definition) is 3. The third-order valence-corrected chi connectivity index (χ3v) is 2.67. The van der Waals surface area contributed by atoms with Gasteiger partial charge in [0.15, 0.2) is 0 Å². The van der Waals surface area contributed by atoms with E-state index in [0.717, 1.165) is 28.3 Å². The van der Waals surface area contributed by atoms with E-state index in [4.69, 9.17) is 10.5 Å². The van der Waals surface area contributed by atoms with Crippen LogP contribution in [0.2, 0.25) is 0 Å². The molecule has 0 amide bonds. The first-order valence-electron chi connectivity index (χ1n) is 5.68. The molecular formula is C15H16N2O. The number of aromatic nitrogens is 1. The van der Waals surface area contributed by atoms with E-state index in [1.165, 1.54) is 0 Å². The summed E-state index contributed by atoms with van der Waals surface area (Å²) in [5.74, 6) is 0.822. The number of benzene rings is 1. The molecule has 0 unspecified atom stereocenters. The van der Waals surface area contributed by atoms with Crippen LogP contribution in [-0.4, -0.2) is 12.1 Å². The predicted molar refractivity (Wildman–Crippen MR) is 75.3 cm³/mol. The summed E-state index contributed by atoms with van der Waals surface area (Å²) in [6, 6.07) is 11.4. The third-order valence-electron chi connectivity index (χ3n) is 2.67. The van der Waals surface area contributed by atoms with Gasteiger partial charge in [0, 0.05) is 11.3 Å². The van der Waals surface area contributed by atoms with Crippen molar-refractivity contribution < 1.29 is 4.74 Å². The highest BCUT2D eigenvalue weighted by atomic mass is 16.5. The molecule has 2 rings (SSSR count). The number of methoxy groups -OCH3 is 1. The third kappa shape index (κ3) is 2.51. The molecule has 3 heteroatoms. The van der Waals surface area contributed by atoms with Gasteiger partial charge in [-0.3, -0.25) is 0 Å². The molecule has 3 nitrogen and oxygen atoms in total. The van der Waals surface area contributed by atoms with Gasteiger partial charge in [-0.05, 0) is 48.9 Å². The van der Waals surface area contributed by atoms with E-state index in [1.807, 2.05) is 43.3 Å². The highest BCUT2D eigenvalue weighted by Crippen LogP contribution is 2.24. The van der Waals surface area contributed by atoms with Crippen LogP contribution in [0.25, 0.3) is 16.8 Å². The van der Waals surface area contributed by atoms with Gasteiger partial charge in [-0.1, -0.05) is 6.58 Å². The molecule has 0 aliphatic rings. The number of rotatable bonds is 3. The molecule has 0 bridgehead atoms. The van der Waals surface area contributed by atoms with Crippen LogP contribution in [0.4, 0.5) is 5.69 Å². The molecule has 0 spiro atoms. The molecule has 1 heterocycles. The number of pyridine rings is 1. The molecule has 2 aromatic rings. The van der Waals surface area contributed by atoms with E-state index in [1.54, 1.807) is 7.11 Å². The summed E-state index contributed by atoms with van der Waals surface area (Å²) in [6.07, 6.45) is 0. The van der Waals surface area contributed by atoms with E-state index in [0.29, 0.717) is 5.69 Å². The summed E-state index contributed by atoms with van der Waals surface area (Å²) in [4.78, 5) is 4.54. The summed E-state index contributed by atoms with van der Waals surface area (Å²) in [5.41, 5.74) is 10.1. The van der Waals surface area contributed by atoms with Crippen LogP contribution in [0, 0.1) is 0 Å². The summed E-state index contributed by atoms with van der Waals surface area (Å²) in [5, 5.41) is 0. The molecule has 0 aliphatic heterocycles. The Bertz CT molecular complexity index is 574. The van der Waals surface area contributed by atoms with Gasteiger partial charge in [-0.15, -0.1) is 0 Å². The monoisotopic (exact) mass is 240 g/mol. The maximum absolute atomic E-state index is 5.88. The number of allylic oxidation sites excluding steroid dienone is 1. The second kappa shape index (κ2) is 4.92. The smallest absolute Gasteiger partial charge is 0.118 e. The van der Waals surface area contributed by atoms with Crippen LogP contribution in [-0.2, 0) is 0 Å². The second-order valence-corrected chi connectivity index (χ2v) is 4.18. The van der Waals surface area contributed by atoms with Crippen molar-refractivity contribution >= 4 is 11.3 Å². The minimum absolute atomic E-state index is 0.689. The Balaban J connectivity index is 2.46. The number of nitrogen functional groups attached to an aromatic ring is 1. The topological polar surface area (TPSA) is 48.1 Å². The number of hydrogen-bond donors (Lipinski definition) is 1. The van der Waals surface area contributed by atoms with E-state index in [-0.39, 0.29) is 0 Å². The van der Waals surface area contributed by atoms with Gasteiger partial charge in [0.25, 0.3) is 0 Å². The first-order chi connectivity index (χ1) is 8.60. The largest absolute Gasteiger partial charge is 0.497 e. The standard InChI is InChI=1S/C15H16N2O/c1-10(2)14-8-12(16)9-15(17-14)11-4-6-13(18-3)7-5-11/h4-9H,1H2,2-3H3,(H2,16,17). The second-order valence-electron chi connectivity index (χ2n) is 4.18. The Morgan fingerprint density at radius 2 is 1.89 bits per heavy atom. The van der Waals surface area contributed by atoms with Gasteiger partial charge >= 0.3 is 0 Å². The molecule has 92 valence electrons. The zero-order valence-corrected chi connectivity index (χ0v) is 10.6. The van der Waals surface area contributed by atoms with Crippen molar-refractivity contribution in [2.24, 2.45) is 0 Å². The van der Waals surface area contributed by atoms with Crippen LogP contribution >= 0.6 is 0 Å². The molecule has 0 saturated carbocycles. The summed E-state index contributed by atoms with van der Waals surface area (Å²) in [6.45, 7) is 5.81. The number of ether oxygens (including phenoxy) is 1. The average Bonchev–Trinajstić information content (AvgIpc) is 2.38. The van der Waals surface area contributed by atoms with Crippen molar-refractivity contribution in [3.8, 4) is 17.0 Å². The first kappa shape index (κ1) is 12.2. The van der Waals surface area contributed by atoms with Crippen molar-refractivity contribution in [3.05, 3.63) is 48.7 Å². The zero-order valence-electron chi connectivity index (χ0n) is 10.6. The predicted octanol–water partition coefficient (Wildman–Crippen LogP) is 3.37. The van der Waals surface area contributed by atoms with Gasteiger partial charge in [-0.25, -0.2) is 4.98 Å². The summed E-state index contributed by atoms with van der Waals surface area (Å²) in [7, 11) is 1.65. The Kier molecular flexibility index (Phi) is 3.33. The van der Waals surface area contributed by atoms with Gasteiger partial charge in [0.05, 0.1) is 18.5 Å². The van der Waals surface area contributed by atoms with Crippen molar-refractivity contribution in [1.82, 2.24) is 4.98 Å². The lowest BCUT2D eigenvalue weighted by molar-refractivity contribution is 0.415. The average molecular weight is 240 g/mol. The Morgan fingerprint density at radius 3 is 2.44 bits per heavy atom. The van der Waals surface area contributed by atoms with Crippen molar-refractivity contribution in [2.75, 3.05) is 12.8 Å². The summed E-state index contributed by atoms with van der Waals surface area (Å²) >= 11 is 0. The molecule has 18 heavy (non-hydrogen) atoms. The fraction of sp³-hybridized carbons (Fsp3) is 0.133. The van der Waals surface area contributed by atoms with Crippen LogP contribution in [0.1, 0.15) is 12.6 Å². The zero-order chi connectivity index (χ0) is 13.1. The quantitative estimate of drug-likeness (QED) is 0.894. The normalized spacial score (nSPS) is 10.1. The van der Waals surface area contributed by atoms with Crippen LogP contribution in [0.15, 0.2) is 43.0 Å². The lowest BCUT2D eigenvalue weighted by Gasteiger charge is -2.07. The first-order valence-corrected chi connectivity index (χ1v) is 5.68. The van der Waals surface area contributed by atoms with E-state index in [2.05, 4.69) is 11.6 Å². The van der Waals surface area contributed by atoms with Gasteiger partial charge in [-0.2, -0.15) is 0 Å². The maximum Gasteiger partial charge on any atom is 0.118 e. The molecule has 0 fully saturated rings. The molecule has 0 saturated heterocycles. The van der Waals surface area contributed by atoms with Crippen molar-refractivity contribution in [1.29, 1.82) is 0 Å². The van der Waals surface area contributed by atoms with Crippen molar-refractivity contribution in [3.63, 3.8) is 0 Å². The number of nitrogens with zero attached hydrogens (tertiary/aromatic N) is 1. The minimum atomic E-state index is 0.689. The van der Waals surface area contributed by atoms with Gasteiger partial charge < -0.3 is 10.5 Å².